The Morgan fingerprint density at radius 2 is 2.07 bits per heavy atom. The van der Waals surface area contributed by atoms with Gasteiger partial charge >= 0.3 is 0 Å². The molecule has 1 nitrogen and oxygen atoms in total. The summed E-state index contributed by atoms with van der Waals surface area (Å²) < 4.78 is 13.0. The summed E-state index contributed by atoms with van der Waals surface area (Å²) in [4.78, 5) is 2.12. The molecule has 1 aromatic rings. The average molecular weight is 216 g/mol. The van der Waals surface area contributed by atoms with E-state index in [1.165, 1.54) is 6.07 Å². The third kappa shape index (κ3) is 3.64. The summed E-state index contributed by atoms with van der Waals surface area (Å²) in [5.41, 5.74) is 1.01. The summed E-state index contributed by atoms with van der Waals surface area (Å²) in [7, 11) is 4.06. The van der Waals surface area contributed by atoms with Crippen molar-refractivity contribution >= 4 is 11.6 Å². The first-order valence-electron chi connectivity index (χ1n) is 4.68. The molecular weight excluding hydrogens is 201 g/mol. The Morgan fingerprint density at radius 3 is 2.64 bits per heavy atom. The third-order valence-corrected chi connectivity index (χ3v) is 2.36. The number of hydrogen-bond donors (Lipinski definition) is 0. The van der Waals surface area contributed by atoms with Crippen LogP contribution >= 0.6 is 11.6 Å². The number of halogens is 2. The highest BCUT2D eigenvalue weighted by Gasteiger charge is 2.00. The number of benzene rings is 1. The molecule has 0 amide bonds. The van der Waals surface area contributed by atoms with Gasteiger partial charge in [-0.1, -0.05) is 17.7 Å². The van der Waals surface area contributed by atoms with E-state index in [9.17, 15) is 4.39 Å². The van der Waals surface area contributed by atoms with Gasteiger partial charge in [-0.2, -0.15) is 0 Å². The summed E-state index contributed by atoms with van der Waals surface area (Å²) in [5, 5.41) is 0.196. The molecule has 3 heteroatoms. The van der Waals surface area contributed by atoms with Crippen LogP contribution in [0.4, 0.5) is 4.39 Å². The largest absolute Gasteiger partial charge is 0.309 e. The maximum absolute atomic E-state index is 13.0. The Balaban J connectivity index is 2.47. The van der Waals surface area contributed by atoms with Crippen LogP contribution in [0.1, 0.15) is 12.0 Å². The molecule has 0 aromatic heterocycles. The van der Waals surface area contributed by atoms with E-state index >= 15 is 0 Å². The van der Waals surface area contributed by atoms with E-state index in [0.717, 1.165) is 24.9 Å². The number of nitrogens with zero attached hydrogens (tertiary/aromatic N) is 1. The molecule has 0 saturated heterocycles. The molecule has 0 atom stereocenters. The van der Waals surface area contributed by atoms with E-state index in [1.54, 1.807) is 6.07 Å². The molecule has 0 bridgehead atoms. The third-order valence-electron chi connectivity index (χ3n) is 2.05. The molecule has 0 fully saturated rings. The maximum atomic E-state index is 13.0. The van der Waals surface area contributed by atoms with Crippen molar-refractivity contribution in [3.63, 3.8) is 0 Å². The first-order valence-corrected chi connectivity index (χ1v) is 5.06. The van der Waals surface area contributed by atoms with E-state index < -0.39 is 0 Å². The Labute approximate surface area is 89.5 Å². The van der Waals surface area contributed by atoms with Crippen molar-refractivity contribution < 1.29 is 4.39 Å². The van der Waals surface area contributed by atoms with Crippen LogP contribution in [0, 0.1) is 5.82 Å². The molecule has 0 N–H and O–H groups in total. The quantitative estimate of drug-likeness (QED) is 0.747. The molecule has 0 radical (unpaired) electrons. The van der Waals surface area contributed by atoms with Crippen LogP contribution in [0.25, 0.3) is 0 Å². The Bertz CT molecular complexity index is 299. The van der Waals surface area contributed by atoms with Gasteiger partial charge in [0, 0.05) is 0 Å². The summed E-state index contributed by atoms with van der Waals surface area (Å²) in [6, 6.07) is 5.00. The van der Waals surface area contributed by atoms with Crippen molar-refractivity contribution in [3.8, 4) is 0 Å². The van der Waals surface area contributed by atoms with Crippen LogP contribution in [0.15, 0.2) is 18.2 Å². The van der Waals surface area contributed by atoms with Gasteiger partial charge in [-0.05, 0) is 51.2 Å². The Morgan fingerprint density at radius 1 is 1.36 bits per heavy atom. The molecule has 1 aromatic carbocycles. The van der Waals surface area contributed by atoms with Gasteiger partial charge < -0.3 is 4.90 Å². The van der Waals surface area contributed by atoms with Crippen LogP contribution in [0.2, 0.25) is 5.02 Å². The van der Waals surface area contributed by atoms with Gasteiger partial charge in [0.1, 0.15) is 5.82 Å². The Kier molecular flexibility index (Phi) is 4.36. The fraction of sp³-hybridized carbons (Fsp3) is 0.455. The minimum absolute atomic E-state index is 0.196. The summed E-state index contributed by atoms with van der Waals surface area (Å²) in [5.74, 6) is -0.325. The van der Waals surface area contributed by atoms with E-state index in [1.807, 2.05) is 20.2 Å². The van der Waals surface area contributed by atoms with Crippen LogP contribution in [0.3, 0.4) is 0 Å². The lowest BCUT2D eigenvalue weighted by molar-refractivity contribution is 0.400. The van der Waals surface area contributed by atoms with Gasteiger partial charge in [-0.3, -0.25) is 0 Å². The molecule has 0 spiro atoms. The Hall–Kier alpha value is -0.600. The second-order valence-corrected chi connectivity index (χ2v) is 4.06. The van der Waals surface area contributed by atoms with Crippen LogP contribution in [0.5, 0.6) is 0 Å². The van der Waals surface area contributed by atoms with Gasteiger partial charge in [-0.15, -0.1) is 0 Å². The minimum atomic E-state index is -0.325. The molecule has 0 aliphatic carbocycles. The zero-order chi connectivity index (χ0) is 10.6. The van der Waals surface area contributed by atoms with E-state index in [0.29, 0.717) is 0 Å². The standard InChI is InChI=1S/C11H15ClFN/c1-14(2)7-3-4-9-5-6-10(12)11(13)8-9/h5-6,8H,3-4,7H2,1-2H3. The number of rotatable bonds is 4. The fourth-order valence-corrected chi connectivity index (χ4v) is 1.41. The zero-order valence-corrected chi connectivity index (χ0v) is 9.31. The first kappa shape index (κ1) is 11.5. The van der Waals surface area contributed by atoms with Crippen molar-refractivity contribution in [1.29, 1.82) is 0 Å². The van der Waals surface area contributed by atoms with Crippen molar-refractivity contribution in [2.24, 2.45) is 0 Å². The zero-order valence-electron chi connectivity index (χ0n) is 8.56. The fourth-order valence-electron chi connectivity index (χ4n) is 1.29. The topological polar surface area (TPSA) is 3.24 Å². The van der Waals surface area contributed by atoms with Crippen molar-refractivity contribution in [3.05, 3.63) is 34.6 Å². The van der Waals surface area contributed by atoms with Crippen molar-refractivity contribution in [1.82, 2.24) is 4.90 Å². The van der Waals surface area contributed by atoms with E-state index in [4.69, 9.17) is 11.6 Å². The number of hydrogen-bond acceptors (Lipinski definition) is 1. The van der Waals surface area contributed by atoms with Gasteiger partial charge in [0.05, 0.1) is 5.02 Å². The predicted molar refractivity (Wildman–Crippen MR) is 58.3 cm³/mol. The minimum Gasteiger partial charge on any atom is -0.309 e. The van der Waals surface area contributed by atoms with Crippen molar-refractivity contribution in [2.45, 2.75) is 12.8 Å². The van der Waals surface area contributed by atoms with Crippen LogP contribution < -0.4 is 0 Å². The van der Waals surface area contributed by atoms with Gasteiger partial charge in [0.2, 0.25) is 0 Å². The van der Waals surface area contributed by atoms with Crippen LogP contribution in [-0.4, -0.2) is 25.5 Å². The molecule has 0 aliphatic rings. The van der Waals surface area contributed by atoms with Crippen LogP contribution in [-0.2, 0) is 6.42 Å². The molecule has 78 valence electrons. The van der Waals surface area contributed by atoms with E-state index in [2.05, 4.69) is 4.90 Å². The van der Waals surface area contributed by atoms with Crippen molar-refractivity contribution in [2.75, 3.05) is 20.6 Å². The number of aryl methyl sites for hydroxylation is 1. The second kappa shape index (κ2) is 5.32. The average Bonchev–Trinajstić information content (AvgIpc) is 2.10. The maximum Gasteiger partial charge on any atom is 0.142 e. The predicted octanol–water partition coefficient (Wildman–Crippen LogP) is 2.97. The van der Waals surface area contributed by atoms with Gasteiger partial charge in [0.15, 0.2) is 0 Å². The molecule has 0 aliphatic heterocycles. The lowest BCUT2D eigenvalue weighted by Crippen LogP contribution is -2.13. The molecule has 0 saturated carbocycles. The molecule has 14 heavy (non-hydrogen) atoms. The second-order valence-electron chi connectivity index (χ2n) is 3.66. The smallest absolute Gasteiger partial charge is 0.142 e. The lowest BCUT2D eigenvalue weighted by atomic mass is 10.1. The lowest BCUT2D eigenvalue weighted by Gasteiger charge is -2.08. The van der Waals surface area contributed by atoms with Gasteiger partial charge in [0.25, 0.3) is 0 Å². The molecule has 0 unspecified atom stereocenters. The highest BCUT2D eigenvalue weighted by molar-refractivity contribution is 6.30. The highest BCUT2D eigenvalue weighted by atomic mass is 35.5. The normalized spacial score (nSPS) is 10.9. The molecular formula is C11H15ClFN. The molecule has 0 heterocycles. The summed E-state index contributed by atoms with van der Waals surface area (Å²) in [6.07, 6.45) is 1.93. The highest BCUT2D eigenvalue weighted by Crippen LogP contribution is 2.16. The summed E-state index contributed by atoms with van der Waals surface area (Å²) >= 11 is 5.58. The van der Waals surface area contributed by atoms with E-state index in [-0.39, 0.29) is 10.8 Å². The van der Waals surface area contributed by atoms with Gasteiger partial charge in [-0.25, -0.2) is 4.39 Å². The molecule has 1 rings (SSSR count). The monoisotopic (exact) mass is 215 g/mol. The first-order chi connectivity index (χ1) is 6.59. The summed E-state index contributed by atoms with van der Waals surface area (Å²) in [6.45, 7) is 1.02. The SMILES string of the molecule is CN(C)CCCc1ccc(Cl)c(F)c1.